The van der Waals surface area contributed by atoms with E-state index in [1.54, 1.807) is 0 Å². The molecule has 0 radical (unpaired) electrons. The molecule has 0 spiro atoms. The number of para-hydroxylation sites is 2. The topological polar surface area (TPSA) is 26.3 Å². The van der Waals surface area contributed by atoms with E-state index in [0.29, 0.717) is 0 Å². The van der Waals surface area contributed by atoms with Crippen LogP contribution in [0.2, 0.25) is 0 Å². The molecule has 0 aliphatic rings. The highest BCUT2D eigenvalue weighted by atomic mass is 16.3. The van der Waals surface area contributed by atoms with Crippen LogP contribution in [-0.2, 0) is 0 Å². The Morgan fingerprint density at radius 1 is 0.168 bits per heavy atom. The summed E-state index contributed by atoms with van der Waals surface area (Å²) in [4.78, 5) is 0. The van der Waals surface area contributed by atoms with E-state index in [1.165, 1.54) is 124 Å². The van der Waals surface area contributed by atoms with Crippen LogP contribution in [0.1, 0.15) is 86.9 Å². The molecule has 18 aromatic rings. The number of aryl methyl sites for hydroxylation is 3. The Labute approximate surface area is 564 Å². The van der Waals surface area contributed by atoms with Gasteiger partial charge < -0.3 is 8.83 Å². The maximum atomic E-state index is 5.86. The van der Waals surface area contributed by atoms with Crippen LogP contribution in [0.3, 0.4) is 0 Å². The van der Waals surface area contributed by atoms with Crippen LogP contribution in [0, 0.1) is 20.8 Å². The van der Waals surface area contributed by atoms with E-state index in [1.807, 2.05) is 79.7 Å². The molecule has 0 fully saturated rings. The summed E-state index contributed by atoms with van der Waals surface area (Å²) < 4.78 is 11.7. The molecule has 478 valence electrons. The fourth-order valence-electron chi connectivity index (χ4n) is 12.1. The van der Waals surface area contributed by atoms with Gasteiger partial charge in [0.25, 0.3) is 0 Å². The van der Waals surface area contributed by atoms with Gasteiger partial charge >= 0.3 is 0 Å². The summed E-state index contributed by atoms with van der Waals surface area (Å²) in [5, 5.41) is 26.0. The van der Waals surface area contributed by atoms with Crippen molar-refractivity contribution in [2.45, 2.75) is 91.0 Å². The average Bonchev–Trinajstić information content (AvgIpc) is 1.76. The van der Waals surface area contributed by atoms with Crippen molar-refractivity contribution < 1.29 is 8.83 Å². The van der Waals surface area contributed by atoms with Gasteiger partial charge in [-0.25, -0.2) is 0 Å². The predicted octanol–water partition coefficient (Wildman–Crippen LogP) is 29.4. The summed E-state index contributed by atoms with van der Waals surface area (Å²) in [6.07, 6.45) is 0. The van der Waals surface area contributed by atoms with Crippen LogP contribution < -0.4 is 0 Å². The van der Waals surface area contributed by atoms with Crippen molar-refractivity contribution in [3.05, 3.63) is 338 Å². The number of furan rings is 2. The average molecular weight is 1240 g/mol. The number of rotatable bonds is 0. The normalized spacial score (nSPS) is 10.1. The minimum absolute atomic E-state index is 0. The van der Waals surface area contributed by atoms with Crippen molar-refractivity contribution in [1.82, 2.24) is 0 Å². The third-order valence-corrected chi connectivity index (χ3v) is 16.4. The van der Waals surface area contributed by atoms with Crippen molar-refractivity contribution >= 4 is 130 Å². The quantitative estimate of drug-likeness (QED) is 0.141. The summed E-state index contributed by atoms with van der Waals surface area (Å²) in [6, 6.07) is 112. The first-order valence-corrected chi connectivity index (χ1v) is 33.1. The molecule has 2 heterocycles. The number of hydrogen-bond donors (Lipinski definition) is 0. The summed E-state index contributed by atoms with van der Waals surface area (Å²) in [5.74, 6) is 0. The van der Waals surface area contributed by atoms with E-state index in [9.17, 15) is 0 Å². The third-order valence-electron chi connectivity index (χ3n) is 16.4. The first-order chi connectivity index (χ1) is 45.9. The molecule has 2 nitrogen and oxygen atoms in total. The molecule has 16 aromatic carbocycles. The van der Waals surface area contributed by atoms with Crippen LogP contribution >= 0.6 is 0 Å². The zero-order chi connectivity index (χ0) is 65.5. The van der Waals surface area contributed by atoms with E-state index in [2.05, 4.69) is 318 Å². The Balaban J connectivity index is 0.000000158. The van der Waals surface area contributed by atoms with Gasteiger partial charge in [0.15, 0.2) is 0 Å². The van der Waals surface area contributed by atoms with Crippen LogP contribution in [0.4, 0.5) is 0 Å². The molecule has 0 saturated heterocycles. The lowest BCUT2D eigenvalue weighted by atomic mass is 9.93. The van der Waals surface area contributed by atoms with Crippen LogP contribution in [-0.4, -0.2) is 0 Å². The van der Waals surface area contributed by atoms with E-state index < -0.39 is 0 Å². The highest BCUT2D eigenvalue weighted by Gasteiger charge is 2.11. The second-order valence-corrected chi connectivity index (χ2v) is 21.5. The molecule has 0 amide bonds. The third kappa shape index (κ3) is 16.3. The van der Waals surface area contributed by atoms with Gasteiger partial charge in [0.05, 0.1) is 0 Å². The van der Waals surface area contributed by atoms with E-state index in [-0.39, 0.29) is 14.9 Å². The van der Waals surface area contributed by atoms with Gasteiger partial charge in [-0.2, -0.15) is 0 Å². The van der Waals surface area contributed by atoms with Crippen LogP contribution in [0.25, 0.3) is 130 Å². The van der Waals surface area contributed by atoms with Crippen molar-refractivity contribution in [3.8, 4) is 0 Å². The molecule has 0 aliphatic heterocycles. The fourth-order valence-corrected chi connectivity index (χ4v) is 12.1. The molecule has 0 atom stereocenters. The fraction of sp³-hybridized carbons (Fsp3) is 0.140. The SMILES string of the molecule is C.C.CC.CC.CC.CC.Cc1c2ccccc2c(C)c2ccccc12.Cc1c2ccccc2cc2ccccc12.c1ccc2c(c1)ccc1oc3ccccc3c12.c1ccc2c(c1)ccc1oc3ccccc3c12.c1ccc2ccccc2c1.c1ccc2ccccc2c1. The molecule has 0 N–H and O–H groups in total. The van der Waals surface area contributed by atoms with E-state index >= 15 is 0 Å². The standard InChI is InChI=1S/2C16H10O.C16H14.C15H12.2C10H8.4C2H6.2CH4/c2*1-2-6-12-11(5-1)9-10-15-16(12)13-7-3-4-8-14(13)17-15;1-11-13-7-3-5-9-15(13)12(2)16-10-6-4-8-14(11)16;1-11-14-8-4-2-6-12(14)10-13-7-3-5-9-15(11)13;2*1-2-6-10-8-4-3-7-9(10)5-1;4*1-2;;/h2*1-10H;3-10H,1-2H3;2-10H,1H3;2*1-8H;4*1-2H3;2*1H4. The van der Waals surface area contributed by atoms with Crippen molar-refractivity contribution in [2.24, 2.45) is 0 Å². The largest absolute Gasteiger partial charge is 0.456 e. The minimum Gasteiger partial charge on any atom is -0.456 e. The highest BCUT2D eigenvalue weighted by Crippen LogP contribution is 2.37. The molecular weight excluding hydrogens is 1150 g/mol. The van der Waals surface area contributed by atoms with Gasteiger partial charge in [-0.3, -0.25) is 0 Å². The van der Waals surface area contributed by atoms with Gasteiger partial charge in [0.1, 0.15) is 22.3 Å². The smallest absolute Gasteiger partial charge is 0.136 e. The van der Waals surface area contributed by atoms with Gasteiger partial charge in [-0.1, -0.05) is 361 Å². The Morgan fingerprint density at radius 3 is 0.653 bits per heavy atom. The summed E-state index contributed by atoms with van der Waals surface area (Å²) >= 11 is 0. The van der Waals surface area contributed by atoms with Crippen LogP contribution in [0.15, 0.2) is 330 Å². The molecule has 0 saturated carbocycles. The zero-order valence-electron chi connectivity index (χ0n) is 55.9. The van der Waals surface area contributed by atoms with E-state index in [4.69, 9.17) is 8.83 Å². The Morgan fingerprint density at radius 2 is 0.368 bits per heavy atom. The molecule has 95 heavy (non-hydrogen) atoms. The maximum Gasteiger partial charge on any atom is 0.136 e. The lowest BCUT2D eigenvalue weighted by Gasteiger charge is -2.11. The van der Waals surface area contributed by atoms with Gasteiger partial charge in [0.2, 0.25) is 0 Å². The van der Waals surface area contributed by atoms with Crippen molar-refractivity contribution in [3.63, 3.8) is 0 Å². The lowest BCUT2D eigenvalue weighted by Crippen LogP contribution is -1.87. The lowest BCUT2D eigenvalue weighted by molar-refractivity contribution is 0.669. The summed E-state index contributed by atoms with van der Waals surface area (Å²) in [7, 11) is 0. The van der Waals surface area contributed by atoms with Gasteiger partial charge in [-0.05, 0) is 154 Å². The van der Waals surface area contributed by atoms with Gasteiger partial charge in [0, 0.05) is 21.5 Å². The second kappa shape index (κ2) is 35.9. The zero-order valence-corrected chi connectivity index (χ0v) is 55.9. The van der Waals surface area contributed by atoms with Crippen LogP contribution in [0.5, 0.6) is 0 Å². The first-order valence-electron chi connectivity index (χ1n) is 33.1. The van der Waals surface area contributed by atoms with E-state index in [0.717, 1.165) is 22.3 Å². The minimum atomic E-state index is 0. The van der Waals surface area contributed by atoms with Crippen molar-refractivity contribution in [1.29, 1.82) is 0 Å². The highest BCUT2D eigenvalue weighted by molar-refractivity contribution is 6.20. The first kappa shape index (κ1) is 71.6. The maximum absolute atomic E-state index is 5.86. The van der Waals surface area contributed by atoms with Gasteiger partial charge in [-0.15, -0.1) is 0 Å². The predicted molar refractivity (Wildman–Crippen MR) is 426 cm³/mol. The Hall–Kier alpha value is -10.8. The monoisotopic (exact) mass is 1240 g/mol. The molecule has 0 bridgehead atoms. The Bertz CT molecular complexity index is 4840. The molecule has 2 aromatic heterocycles. The summed E-state index contributed by atoms with van der Waals surface area (Å²) in [5.41, 5.74) is 7.99. The Kier molecular flexibility index (Phi) is 27.0. The second-order valence-electron chi connectivity index (χ2n) is 21.5. The summed E-state index contributed by atoms with van der Waals surface area (Å²) in [6.45, 7) is 22.6. The molecule has 0 unspecified atom stereocenters. The number of hydrogen-bond acceptors (Lipinski definition) is 2. The molecular formula is C93H94O2. The number of fused-ring (bicyclic) bond motifs is 16. The molecule has 0 aliphatic carbocycles. The number of benzene rings is 16. The molecule has 18 rings (SSSR count). The molecule has 2 heteroatoms. The van der Waals surface area contributed by atoms with Crippen molar-refractivity contribution in [2.75, 3.05) is 0 Å².